The minimum absolute atomic E-state index is 0.0424. The summed E-state index contributed by atoms with van der Waals surface area (Å²) in [5, 5.41) is 8.35. The first kappa shape index (κ1) is 22.9. The Morgan fingerprint density at radius 2 is 1.79 bits per heavy atom. The van der Waals surface area contributed by atoms with Crippen LogP contribution in [0.15, 0.2) is 59.1 Å². The standard InChI is InChI=1S/C25H24FN5O3/c1-14(2)31-24(27)22(25(28)33)23(29-31)16-9-7-15(8-10-16)11-18(32)12-17-13-21(34-30-17)19-5-3-4-6-20(19)26/h3-10,13-14H,11-12,27H2,1-2H3,(H2,28,33). The predicted octanol–water partition coefficient (Wildman–Crippen LogP) is 3.96. The number of rotatable bonds is 8. The number of ketones is 1. The molecular formula is C25H24FN5O3. The topological polar surface area (TPSA) is 130 Å². The van der Waals surface area contributed by atoms with E-state index in [4.69, 9.17) is 16.0 Å². The summed E-state index contributed by atoms with van der Waals surface area (Å²) in [6.45, 7) is 3.81. The Labute approximate surface area is 195 Å². The highest BCUT2D eigenvalue weighted by Gasteiger charge is 2.22. The van der Waals surface area contributed by atoms with Gasteiger partial charge in [0.15, 0.2) is 5.76 Å². The molecule has 0 aliphatic carbocycles. The van der Waals surface area contributed by atoms with Crippen LogP contribution in [-0.2, 0) is 17.6 Å². The summed E-state index contributed by atoms with van der Waals surface area (Å²) in [5.41, 5.74) is 14.4. The zero-order valence-corrected chi connectivity index (χ0v) is 18.8. The largest absolute Gasteiger partial charge is 0.383 e. The number of carbonyl (C=O) groups is 2. The molecule has 174 valence electrons. The van der Waals surface area contributed by atoms with Gasteiger partial charge in [0, 0.05) is 24.1 Å². The minimum Gasteiger partial charge on any atom is -0.383 e. The van der Waals surface area contributed by atoms with Crippen LogP contribution in [0.4, 0.5) is 10.2 Å². The molecule has 4 aromatic rings. The molecule has 0 saturated carbocycles. The Hall–Kier alpha value is -4.27. The van der Waals surface area contributed by atoms with Gasteiger partial charge < -0.3 is 16.0 Å². The fraction of sp³-hybridized carbons (Fsp3) is 0.200. The molecule has 1 amide bonds. The summed E-state index contributed by atoms with van der Waals surface area (Å²) in [6, 6.07) is 14.9. The molecule has 8 nitrogen and oxygen atoms in total. The molecule has 2 aromatic carbocycles. The molecule has 0 radical (unpaired) electrons. The number of carbonyl (C=O) groups excluding carboxylic acids is 2. The van der Waals surface area contributed by atoms with Gasteiger partial charge >= 0.3 is 0 Å². The van der Waals surface area contributed by atoms with Gasteiger partial charge in [-0.3, -0.25) is 9.59 Å². The fourth-order valence-corrected chi connectivity index (χ4v) is 3.74. The maximum absolute atomic E-state index is 13.9. The van der Waals surface area contributed by atoms with Crippen LogP contribution in [0.25, 0.3) is 22.6 Å². The second-order valence-corrected chi connectivity index (χ2v) is 8.26. The van der Waals surface area contributed by atoms with E-state index < -0.39 is 11.7 Å². The van der Waals surface area contributed by atoms with Crippen molar-refractivity contribution in [2.45, 2.75) is 32.7 Å². The van der Waals surface area contributed by atoms with Gasteiger partial charge in [0.1, 0.15) is 28.7 Å². The average Bonchev–Trinajstić information content (AvgIpc) is 3.39. The maximum Gasteiger partial charge on any atom is 0.254 e. The number of amides is 1. The molecule has 4 rings (SSSR count). The molecule has 2 heterocycles. The average molecular weight is 461 g/mol. The minimum atomic E-state index is -0.652. The van der Waals surface area contributed by atoms with E-state index in [2.05, 4.69) is 10.3 Å². The zero-order chi connectivity index (χ0) is 24.4. The number of benzene rings is 2. The van der Waals surface area contributed by atoms with E-state index in [-0.39, 0.29) is 41.8 Å². The smallest absolute Gasteiger partial charge is 0.254 e. The van der Waals surface area contributed by atoms with Gasteiger partial charge in [-0.1, -0.05) is 41.6 Å². The van der Waals surface area contributed by atoms with Crippen molar-refractivity contribution in [2.75, 3.05) is 5.73 Å². The van der Waals surface area contributed by atoms with Crippen molar-refractivity contribution < 1.29 is 18.5 Å². The number of hydrogen-bond donors (Lipinski definition) is 2. The molecule has 0 bridgehead atoms. The lowest BCUT2D eigenvalue weighted by Gasteiger charge is -2.06. The van der Waals surface area contributed by atoms with Gasteiger partial charge in [0.05, 0.1) is 17.7 Å². The second kappa shape index (κ2) is 9.30. The number of primary amides is 1. The lowest BCUT2D eigenvalue weighted by atomic mass is 10.0. The fourth-order valence-electron chi connectivity index (χ4n) is 3.74. The van der Waals surface area contributed by atoms with Crippen LogP contribution in [0.3, 0.4) is 0 Å². The summed E-state index contributed by atoms with van der Waals surface area (Å²) in [7, 11) is 0. The van der Waals surface area contributed by atoms with Crippen molar-refractivity contribution in [3.8, 4) is 22.6 Å². The first-order valence-electron chi connectivity index (χ1n) is 10.7. The summed E-state index contributed by atoms with van der Waals surface area (Å²) < 4.78 is 20.7. The zero-order valence-electron chi connectivity index (χ0n) is 18.8. The molecule has 2 aromatic heterocycles. The van der Waals surface area contributed by atoms with Crippen molar-refractivity contribution in [1.29, 1.82) is 0 Å². The Balaban J connectivity index is 1.47. The first-order chi connectivity index (χ1) is 16.2. The Morgan fingerprint density at radius 3 is 2.44 bits per heavy atom. The number of nitrogen functional groups attached to an aromatic ring is 1. The van der Waals surface area contributed by atoms with Crippen LogP contribution in [0.1, 0.15) is 41.5 Å². The van der Waals surface area contributed by atoms with E-state index in [1.165, 1.54) is 6.07 Å². The number of nitrogens with zero attached hydrogens (tertiary/aromatic N) is 3. The highest BCUT2D eigenvalue weighted by Crippen LogP contribution is 2.29. The molecule has 0 aliphatic heterocycles. The molecule has 0 saturated heterocycles. The summed E-state index contributed by atoms with van der Waals surface area (Å²) in [4.78, 5) is 24.5. The van der Waals surface area contributed by atoms with Crippen molar-refractivity contribution in [1.82, 2.24) is 14.9 Å². The van der Waals surface area contributed by atoms with Crippen LogP contribution in [0, 0.1) is 5.82 Å². The summed E-state index contributed by atoms with van der Waals surface area (Å²) in [6.07, 6.45) is 0.230. The van der Waals surface area contributed by atoms with Gasteiger partial charge in [-0.15, -0.1) is 0 Å². The molecule has 4 N–H and O–H groups in total. The predicted molar refractivity (Wildman–Crippen MR) is 125 cm³/mol. The maximum atomic E-state index is 13.9. The first-order valence-corrected chi connectivity index (χ1v) is 10.7. The quantitative estimate of drug-likeness (QED) is 0.408. The molecular weight excluding hydrogens is 437 g/mol. The van der Waals surface area contributed by atoms with E-state index in [1.807, 2.05) is 13.8 Å². The van der Waals surface area contributed by atoms with Gasteiger partial charge in [0.25, 0.3) is 5.91 Å². The third-order valence-electron chi connectivity index (χ3n) is 5.39. The van der Waals surface area contributed by atoms with Crippen molar-refractivity contribution >= 4 is 17.5 Å². The lowest BCUT2D eigenvalue weighted by Crippen LogP contribution is -2.15. The third kappa shape index (κ3) is 4.59. The molecule has 0 spiro atoms. The molecule has 0 aliphatic rings. The monoisotopic (exact) mass is 461 g/mol. The SMILES string of the molecule is CC(C)n1nc(-c2ccc(CC(=O)Cc3cc(-c4ccccc4F)on3)cc2)c(C(N)=O)c1N. The third-order valence-corrected chi connectivity index (χ3v) is 5.39. The van der Waals surface area contributed by atoms with Crippen LogP contribution in [0.5, 0.6) is 0 Å². The number of Topliss-reactive ketones (excluding diaryl/α,β-unsaturated/α-hetero) is 1. The highest BCUT2D eigenvalue weighted by atomic mass is 19.1. The van der Waals surface area contributed by atoms with E-state index in [9.17, 15) is 14.0 Å². The molecule has 34 heavy (non-hydrogen) atoms. The van der Waals surface area contributed by atoms with Crippen LogP contribution in [0.2, 0.25) is 0 Å². The lowest BCUT2D eigenvalue weighted by molar-refractivity contribution is -0.117. The number of anilines is 1. The molecule has 0 fully saturated rings. The number of aromatic nitrogens is 3. The van der Waals surface area contributed by atoms with Gasteiger partial charge in [-0.2, -0.15) is 5.10 Å². The Bertz CT molecular complexity index is 1360. The Morgan fingerprint density at radius 1 is 1.09 bits per heavy atom. The summed E-state index contributed by atoms with van der Waals surface area (Å²) in [5.74, 6) is -0.654. The van der Waals surface area contributed by atoms with E-state index in [0.717, 1.165) is 5.56 Å². The summed E-state index contributed by atoms with van der Waals surface area (Å²) >= 11 is 0. The Kier molecular flexibility index (Phi) is 6.27. The number of halogens is 1. The van der Waals surface area contributed by atoms with Crippen LogP contribution < -0.4 is 11.5 Å². The normalized spacial score (nSPS) is 11.2. The molecule has 9 heteroatoms. The highest BCUT2D eigenvalue weighted by molar-refractivity contribution is 6.03. The second-order valence-electron chi connectivity index (χ2n) is 8.26. The van der Waals surface area contributed by atoms with Crippen molar-refractivity contribution in [3.05, 3.63) is 77.2 Å². The van der Waals surface area contributed by atoms with Gasteiger partial charge in [-0.25, -0.2) is 9.07 Å². The van der Waals surface area contributed by atoms with Crippen molar-refractivity contribution in [2.24, 2.45) is 5.73 Å². The van der Waals surface area contributed by atoms with Crippen LogP contribution >= 0.6 is 0 Å². The van der Waals surface area contributed by atoms with Gasteiger partial charge in [0.2, 0.25) is 0 Å². The number of hydrogen-bond acceptors (Lipinski definition) is 6. The van der Waals surface area contributed by atoms with E-state index >= 15 is 0 Å². The van der Waals surface area contributed by atoms with E-state index in [1.54, 1.807) is 53.2 Å². The van der Waals surface area contributed by atoms with Crippen molar-refractivity contribution in [3.63, 3.8) is 0 Å². The molecule has 0 unspecified atom stereocenters. The van der Waals surface area contributed by atoms with Gasteiger partial charge in [-0.05, 0) is 31.5 Å². The number of nitrogens with two attached hydrogens (primary N) is 2. The van der Waals surface area contributed by atoms with E-state index in [0.29, 0.717) is 22.5 Å². The van der Waals surface area contributed by atoms with Crippen LogP contribution in [-0.4, -0.2) is 26.6 Å². The molecule has 0 atom stereocenters.